The fourth-order valence-corrected chi connectivity index (χ4v) is 1.64. The standard InChI is InChI=1S/C12H17N3O3/c13-10-5-11(7-12(6-10)15(16)17)14-3-4-18-8-9-1-2-9/h5-7,9,14H,1-4,8,13H2. The van der Waals surface area contributed by atoms with Crippen LogP contribution in [0.3, 0.4) is 0 Å². The number of non-ortho nitro benzene ring substituents is 1. The smallest absolute Gasteiger partial charge is 0.273 e. The molecule has 6 nitrogen and oxygen atoms in total. The van der Waals surface area contributed by atoms with Crippen molar-refractivity contribution in [3.8, 4) is 0 Å². The van der Waals surface area contributed by atoms with Gasteiger partial charge in [-0.3, -0.25) is 10.1 Å². The fraction of sp³-hybridized carbons (Fsp3) is 0.500. The zero-order chi connectivity index (χ0) is 13.0. The molecule has 1 aromatic rings. The molecular weight excluding hydrogens is 234 g/mol. The molecule has 98 valence electrons. The van der Waals surface area contributed by atoms with Crippen LogP contribution in [0.1, 0.15) is 12.8 Å². The van der Waals surface area contributed by atoms with E-state index in [-0.39, 0.29) is 5.69 Å². The number of nitro groups is 1. The summed E-state index contributed by atoms with van der Waals surface area (Å²) >= 11 is 0. The van der Waals surface area contributed by atoms with Crippen LogP contribution in [0.2, 0.25) is 0 Å². The van der Waals surface area contributed by atoms with Crippen molar-refractivity contribution in [3.05, 3.63) is 28.3 Å². The van der Waals surface area contributed by atoms with Gasteiger partial charge in [-0.25, -0.2) is 0 Å². The second-order valence-electron chi connectivity index (χ2n) is 4.52. The molecule has 18 heavy (non-hydrogen) atoms. The molecule has 0 heterocycles. The summed E-state index contributed by atoms with van der Waals surface area (Å²) in [5, 5.41) is 13.7. The molecule has 0 bridgehead atoms. The molecule has 3 N–H and O–H groups in total. The molecule has 0 aromatic heterocycles. The topological polar surface area (TPSA) is 90.4 Å². The van der Waals surface area contributed by atoms with Crippen LogP contribution in [-0.4, -0.2) is 24.7 Å². The number of ether oxygens (including phenoxy) is 1. The molecule has 0 atom stereocenters. The lowest BCUT2D eigenvalue weighted by Crippen LogP contribution is -2.11. The molecule has 0 radical (unpaired) electrons. The summed E-state index contributed by atoms with van der Waals surface area (Å²) < 4.78 is 5.46. The zero-order valence-corrected chi connectivity index (χ0v) is 10.1. The first kappa shape index (κ1) is 12.6. The van der Waals surface area contributed by atoms with E-state index >= 15 is 0 Å². The maximum Gasteiger partial charge on any atom is 0.273 e. The number of rotatable bonds is 7. The molecule has 1 aromatic carbocycles. The quantitative estimate of drug-likeness (QED) is 0.335. The van der Waals surface area contributed by atoms with E-state index in [1.807, 2.05) is 0 Å². The molecule has 1 aliphatic carbocycles. The van der Waals surface area contributed by atoms with Crippen molar-refractivity contribution < 1.29 is 9.66 Å². The summed E-state index contributed by atoms with van der Waals surface area (Å²) in [6, 6.07) is 4.49. The largest absolute Gasteiger partial charge is 0.398 e. The van der Waals surface area contributed by atoms with Crippen molar-refractivity contribution >= 4 is 17.1 Å². The first-order valence-electron chi connectivity index (χ1n) is 6.02. The molecule has 0 unspecified atom stereocenters. The van der Waals surface area contributed by atoms with Gasteiger partial charge in [-0.15, -0.1) is 0 Å². The molecule has 0 amide bonds. The molecule has 1 fully saturated rings. The second kappa shape index (κ2) is 5.68. The summed E-state index contributed by atoms with van der Waals surface area (Å²) in [4.78, 5) is 10.2. The Morgan fingerprint density at radius 2 is 2.22 bits per heavy atom. The van der Waals surface area contributed by atoms with Gasteiger partial charge in [0.2, 0.25) is 0 Å². The Labute approximate surface area is 105 Å². The van der Waals surface area contributed by atoms with Crippen molar-refractivity contribution in [2.24, 2.45) is 5.92 Å². The predicted molar refractivity (Wildman–Crippen MR) is 69.5 cm³/mol. The Kier molecular flexibility index (Phi) is 3.99. The lowest BCUT2D eigenvalue weighted by Gasteiger charge is -2.07. The van der Waals surface area contributed by atoms with Gasteiger partial charge in [-0.05, 0) is 24.8 Å². The highest BCUT2D eigenvalue weighted by Crippen LogP contribution is 2.28. The van der Waals surface area contributed by atoms with E-state index in [0.29, 0.717) is 24.5 Å². The van der Waals surface area contributed by atoms with Crippen LogP contribution < -0.4 is 11.1 Å². The predicted octanol–water partition coefficient (Wildman–Crippen LogP) is 2.02. The van der Waals surface area contributed by atoms with Crippen molar-refractivity contribution in [3.63, 3.8) is 0 Å². The highest BCUT2D eigenvalue weighted by molar-refractivity contribution is 5.61. The normalized spacial score (nSPS) is 14.4. The summed E-state index contributed by atoms with van der Waals surface area (Å²) in [5.41, 5.74) is 6.63. The molecule has 1 saturated carbocycles. The molecule has 2 rings (SSSR count). The maximum absolute atomic E-state index is 10.7. The number of nitrogens with zero attached hydrogens (tertiary/aromatic N) is 1. The Bertz CT molecular complexity index is 433. The third kappa shape index (κ3) is 3.89. The molecule has 0 saturated heterocycles. The number of hydrogen-bond donors (Lipinski definition) is 2. The average molecular weight is 251 g/mol. The summed E-state index contributed by atoms with van der Waals surface area (Å²) in [5.74, 6) is 0.749. The van der Waals surface area contributed by atoms with Gasteiger partial charge >= 0.3 is 0 Å². The van der Waals surface area contributed by atoms with Gasteiger partial charge in [0.25, 0.3) is 5.69 Å². The summed E-state index contributed by atoms with van der Waals surface area (Å²) in [7, 11) is 0. The Balaban J connectivity index is 1.78. The SMILES string of the molecule is Nc1cc(NCCOCC2CC2)cc([N+](=O)[O-])c1. The minimum atomic E-state index is -0.453. The van der Waals surface area contributed by atoms with E-state index in [1.165, 1.54) is 25.0 Å². The first-order valence-corrected chi connectivity index (χ1v) is 6.02. The van der Waals surface area contributed by atoms with Crippen molar-refractivity contribution in [1.82, 2.24) is 0 Å². The number of hydrogen-bond acceptors (Lipinski definition) is 5. The maximum atomic E-state index is 10.7. The summed E-state index contributed by atoms with van der Waals surface area (Å²) in [6.45, 7) is 2.03. The third-order valence-electron chi connectivity index (χ3n) is 2.78. The van der Waals surface area contributed by atoms with Crippen LogP contribution in [0.4, 0.5) is 17.1 Å². The highest BCUT2D eigenvalue weighted by atomic mass is 16.6. The zero-order valence-electron chi connectivity index (χ0n) is 10.1. The van der Waals surface area contributed by atoms with Gasteiger partial charge in [0, 0.05) is 36.7 Å². The monoisotopic (exact) mass is 251 g/mol. The van der Waals surface area contributed by atoms with Crippen molar-refractivity contribution in [1.29, 1.82) is 0 Å². The van der Waals surface area contributed by atoms with Gasteiger partial charge in [0.1, 0.15) is 0 Å². The number of benzene rings is 1. The lowest BCUT2D eigenvalue weighted by molar-refractivity contribution is -0.384. The number of anilines is 2. The van der Waals surface area contributed by atoms with E-state index in [1.54, 1.807) is 6.07 Å². The summed E-state index contributed by atoms with van der Waals surface area (Å²) in [6.07, 6.45) is 2.55. The van der Waals surface area contributed by atoms with Gasteiger partial charge in [0.15, 0.2) is 0 Å². The number of nitrogens with one attached hydrogen (secondary N) is 1. The van der Waals surface area contributed by atoms with Crippen molar-refractivity contribution in [2.75, 3.05) is 30.8 Å². The Hall–Kier alpha value is -1.82. The highest BCUT2D eigenvalue weighted by Gasteiger charge is 2.20. The Morgan fingerprint density at radius 3 is 2.89 bits per heavy atom. The fourth-order valence-electron chi connectivity index (χ4n) is 1.64. The Morgan fingerprint density at radius 1 is 1.44 bits per heavy atom. The molecule has 6 heteroatoms. The number of nitro benzene ring substituents is 1. The van der Waals surface area contributed by atoms with Crippen LogP contribution in [-0.2, 0) is 4.74 Å². The first-order chi connectivity index (χ1) is 8.65. The van der Waals surface area contributed by atoms with Crippen LogP contribution in [0.5, 0.6) is 0 Å². The van der Waals surface area contributed by atoms with E-state index in [4.69, 9.17) is 10.5 Å². The van der Waals surface area contributed by atoms with Gasteiger partial charge in [-0.2, -0.15) is 0 Å². The molecule has 0 spiro atoms. The van der Waals surface area contributed by atoms with E-state index < -0.39 is 4.92 Å². The molecular formula is C12H17N3O3. The molecule has 1 aliphatic rings. The van der Waals surface area contributed by atoms with E-state index in [0.717, 1.165) is 12.5 Å². The van der Waals surface area contributed by atoms with Gasteiger partial charge in [0.05, 0.1) is 11.5 Å². The lowest BCUT2D eigenvalue weighted by atomic mass is 10.2. The van der Waals surface area contributed by atoms with Crippen molar-refractivity contribution in [2.45, 2.75) is 12.8 Å². The van der Waals surface area contributed by atoms with Crippen LogP contribution in [0.25, 0.3) is 0 Å². The third-order valence-corrected chi connectivity index (χ3v) is 2.78. The number of nitrogen functional groups attached to an aromatic ring is 1. The van der Waals surface area contributed by atoms with E-state index in [9.17, 15) is 10.1 Å². The van der Waals surface area contributed by atoms with Gasteiger partial charge in [-0.1, -0.05) is 0 Å². The van der Waals surface area contributed by atoms with Crippen LogP contribution >= 0.6 is 0 Å². The van der Waals surface area contributed by atoms with Crippen LogP contribution in [0.15, 0.2) is 18.2 Å². The van der Waals surface area contributed by atoms with E-state index in [2.05, 4.69) is 5.32 Å². The minimum Gasteiger partial charge on any atom is -0.398 e. The second-order valence-corrected chi connectivity index (χ2v) is 4.52. The minimum absolute atomic E-state index is 0.00333. The van der Waals surface area contributed by atoms with Crippen LogP contribution in [0, 0.1) is 16.0 Å². The average Bonchev–Trinajstić information content (AvgIpc) is 3.12. The molecule has 0 aliphatic heterocycles. The van der Waals surface area contributed by atoms with Gasteiger partial charge < -0.3 is 15.8 Å². The number of nitrogens with two attached hydrogens (primary N) is 1.